The van der Waals surface area contributed by atoms with E-state index in [-0.39, 0.29) is 18.4 Å². The molecule has 0 radical (unpaired) electrons. The molecule has 2 aromatic rings. The maximum Gasteiger partial charge on any atom is 0.280 e. The van der Waals surface area contributed by atoms with Gasteiger partial charge in [-0.05, 0) is 17.7 Å². The first-order valence-corrected chi connectivity index (χ1v) is 8.06. The van der Waals surface area contributed by atoms with E-state index in [2.05, 4.69) is 10.4 Å². The third kappa shape index (κ3) is 4.23. The van der Waals surface area contributed by atoms with Crippen LogP contribution in [0.1, 0.15) is 18.9 Å². The maximum absolute atomic E-state index is 12.3. The molecule has 1 aliphatic rings. The van der Waals surface area contributed by atoms with E-state index in [9.17, 15) is 9.59 Å². The lowest BCUT2D eigenvalue weighted by atomic mass is 10.1. The van der Waals surface area contributed by atoms with E-state index >= 15 is 0 Å². The lowest BCUT2D eigenvalue weighted by molar-refractivity contribution is -0.132. The number of nitrogens with zero attached hydrogens (tertiary/aromatic N) is 2. The van der Waals surface area contributed by atoms with Gasteiger partial charge in [-0.25, -0.2) is 5.01 Å². The lowest BCUT2D eigenvalue weighted by Gasteiger charge is -2.14. The molecule has 1 heterocycles. The number of anilines is 1. The summed E-state index contributed by atoms with van der Waals surface area (Å²) in [5, 5.41) is 8.50. The molecular formula is C19H19N3O3. The van der Waals surface area contributed by atoms with Crippen LogP contribution in [0.5, 0.6) is 5.75 Å². The number of hydrazone groups is 1. The Morgan fingerprint density at radius 2 is 1.84 bits per heavy atom. The van der Waals surface area contributed by atoms with Crippen LogP contribution in [0.25, 0.3) is 0 Å². The predicted molar refractivity (Wildman–Crippen MR) is 95.5 cm³/mol. The molecule has 25 heavy (non-hydrogen) atoms. The van der Waals surface area contributed by atoms with Crippen LogP contribution in [0.3, 0.4) is 0 Å². The van der Waals surface area contributed by atoms with E-state index in [0.29, 0.717) is 18.0 Å². The van der Waals surface area contributed by atoms with Crippen molar-refractivity contribution in [2.24, 2.45) is 5.10 Å². The first-order chi connectivity index (χ1) is 12.1. The minimum absolute atomic E-state index is 0.137. The van der Waals surface area contributed by atoms with Crippen molar-refractivity contribution in [1.82, 2.24) is 5.01 Å². The van der Waals surface area contributed by atoms with Crippen LogP contribution in [-0.4, -0.2) is 35.7 Å². The number of rotatable bonds is 5. The van der Waals surface area contributed by atoms with Gasteiger partial charge >= 0.3 is 0 Å². The normalized spacial score (nSPS) is 13.3. The van der Waals surface area contributed by atoms with Crippen molar-refractivity contribution in [2.75, 3.05) is 18.5 Å². The van der Waals surface area contributed by atoms with Crippen LogP contribution in [0, 0.1) is 0 Å². The molecule has 0 saturated heterocycles. The van der Waals surface area contributed by atoms with E-state index in [0.717, 1.165) is 17.7 Å². The quantitative estimate of drug-likeness (QED) is 0.912. The van der Waals surface area contributed by atoms with Gasteiger partial charge in [0, 0.05) is 13.3 Å². The Labute approximate surface area is 146 Å². The van der Waals surface area contributed by atoms with Crippen molar-refractivity contribution >= 4 is 23.2 Å². The molecule has 0 fully saturated rings. The highest BCUT2D eigenvalue weighted by Gasteiger charge is 2.22. The number of para-hydroxylation sites is 2. The van der Waals surface area contributed by atoms with Crippen molar-refractivity contribution < 1.29 is 14.3 Å². The number of carbonyl (C=O) groups excluding carboxylic acids is 2. The lowest BCUT2D eigenvalue weighted by Crippen LogP contribution is -2.29. The van der Waals surface area contributed by atoms with E-state index in [1.165, 1.54) is 11.9 Å². The highest BCUT2D eigenvalue weighted by atomic mass is 16.5. The van der Waals surface area contributed by atoms with Gasteiger partial charge in [-0.15, -0.1) is 0 Å². The number of amides is 2. The van der Waals surface area contributed by atoms with Gasteiger partial charge in [-0.1, -0.05) is 42.5 Å². The molecule has 0 saturated carbocycles. The molecule has 1 aliphatic heterocycles. The Hall–Kier alpha value is -3.15. The second kappa shape index (κ2) is 7.61. The molecule has 128 valence electrons. The second-order valence-corrected chi connectivity index (χ2v) is 5.65. The van der Waals surface area contributed by atoms with Crippen molar-refractivity contribution in [3.63, 3.8) is 0 Å². The minimum atomic E-state index is -0.219. The first-order valence-electron chi connectivity index (χ1n) is 8.06. The van der Waals surface area contributed by atoms with Gasteiger partial charge in [0.1, 0.15) is 5.75 Å². The number of nitrogens with one attached hydrogen (secondary N) is 1. The zero-order valence-corrected chi connectivity index (χ0v) is 13.9. The summed E-state index contributed by atoms with van der Waals surface area (Å²) in [7, 11) is 0. The Bertz CT molecular complexity index is 803. The third-order valence-electron chi connectivity index (χ3n) is 3.75. The van der Waals surface area contributed by atoms with Crippen LogP contribution < -0.4 is 10.1 Å². The van der Waals surface area contributed by atoms with Gasteiger partial charge < -0.3 is 10.1 Å². The molecule has 3 rings (SSSR count). The molecule has 0 aromatic heterocycles. The Kier molecular flexibility index (Phi) is 5.09. The molecular weight excluding hydrogens is 318 g/mol. The van der Waals surface area contributed by atoms with Crippen molar-refractivity contribution in [3.05, 3.63) is 60.2 Å². The maximum atomic E-state index is 12.3. The topological polar surface area (TPSA) is 71.0 Å². The van der Waals surface area contributed by atoms with Gasteiger partial charge in [0.25, 0.3) is 5.91 Å². The van der Waals surface area contributed by atoms with Crippen LogP contribution >= 0.6 is 0 Å². The number of hydrogen-bond acceptors (Lipinski definition) is 4. The number of carbonyl (C=O) groups is 2. The molecule has 0 atom stereocenters. The summed E-state index contributed by atoms with van der Waals surface area (Å²) in [6.45, 7) is 1.83. The Morgan fingerprint density at radius 3 is 2.60 bits per heavy atom. The van der Waals surface area contributed by atoms with Gasteiger partial charge in [-0.2, -0.15) is 5.10 Å². The summed E-state index contributed by atoms with van der Waals surface area (Å²) in [5.74, 6) is 0.0418. The first kappa shape index (κ1) is 16.7. The molecule has 6 nitrogen and oxygen atoms in total. The van der Waals surface area contributed by atoms with Crippen molar-refractivity contribution in [1.29, 1.82) is 0 Å². The smallest absolute Gasteiger partial charge is 0.280 e. The summed E-state index contributed by atoms with van der Waals surface area (Å²) < 4.78 is 5.58. The van der Waals surface area contributed by atoms with Gasteiger partial charge in [0.2, 0.25) is 5.91 Å². The molecule has 0 aliphatic carbocycles. The van der Waals surface area contributed by atoms with Gasteiger partial charge in [-0.3, -0.25) is 9.59 Å². The molecule has 6 heteroatoms. The minimum Gasteiger partial charge on any atom is -0.482 e. The predicted octanol–water partition coefficient (Wildman–Crippen LogP) is 2.66. The summed E-state index contributed by atoms with van der Waals surface area (Å²) >= 11 is 0. The zero-order chi connectivity index (χ0) is 17.6. The van der Waals surface area contributed by atoms with Crippen LogP contribution in [0.15, 0.2) is 59.7 Å². The summed E-state index contributed by atoms with van der Waals surface area (Å²) in [6, 6.07) is 16.8. The van der Waals surface area contributed by atoms with Crippen LogP contribution in [0.4, 0.5) is 5.69 Å². The standard InChI is InChI=1S/C19H19N3O3/c1-14(23)20-17-9-5-6-10-18(17)25-13-19(24)22-12-11-16(21-22)15-7-3-2-4-8-15/h2-10H,11-13H2,1H3,(H,20,23). The molecule has 0 bridgehead atoms. The molecule has 1 N–H and O–H groups in total. The molecule has 0 spiro atoms. The van der Waals surface area contributed by atoms with Crippen LogP contribution in [-0.2, 0) is 9.59 Å². The fraction of sp³-hybridized carbons (Fsp3) is 0.211. The largest absolute Gasteiger partial charge is 0.482 e. The van der Waals surface area contributed by atoms with E-state index in [4.69, 9.17) is 4.74 Å². The monoisotopic (exact) mass is 337 g/mol. The van der Waals surface area contributed by atoms with Crippen molar-refractivity contribution in [2.45, 2.75) is 13.3 Å². The van der Waals surface area contributed by atoms with E-state index in [1.54, 1.807) is 24.3 Å². The Balaban J connectivity index is 1.62. The van der Waals surface area contributed by atoms with Crippen LogP contribution in [0.2, 0.25) is 0 Å². The molecule has 2 aromatic carbocycles. The highest BCUT2D eigenvalue weighted by molar-refractivity contribution is 6.02. The highest BCUT2D eigenvalue weighted by Crippen LogP contribution is 2.24. The average molecular weight is 337 g/mol. The number of hydrogen-bond donors (Lipinski definition) is 1. The molecule has 0 unspecified atom stereocenters. The van der Waals surface area contributed by atoms with E-state index in [1.807, 2.05) is 30.3 Å². The number of benzene rings is 2. The molecule has 2 amide bonds. The van der Waals surface area contributed by atoms with Crippen molar-refractivity contribution in [3.8, 4) is 5.75 Å². The fourth-order valence-electron chi connectivity index (χ4n) is 2.57. The van der Waals surface area contributed by atoms with Gasteiger partial charge in [0.05, 0.1) is 17.9 Å². The summed E-state index contributed by atoms with van der Waals surface area (Å²) in [6.07, 6.45) is 0.720. The average Bonchev–Trinajstić information content (AvgIpc) is 3.11. The summed E-state index contributed by atoms with van der Waals surface area (Å²) in [5.41, 5.74) is 2.46. The summed E-state index contributed by atoms with van der Waals surface area (Å²) in [4.78, 5) is 23.6. The van der Waals surface area contributed by atoms with E-state index < -0.39 is 0 Å². The zero-order valence-electron chi connectivity index (χ0n) is 13.9. The fourth-order valence-corrected chi connectivity index (χ4v) is 2.57. The SMILES string of the molecule is CC(=O)Nc1ccccc1OCC(=O)N1CCC(c2ccccc2)=N1. The van der Waals surface area contributed by atoms with Gasteiger partial charge in [0.15, 0.2) is 6.61 Å². The second-order valence-electron chi connectivity index (χ2n) is 5.65. The Morgan fingerprint density at radius 1 is 1.12 bits per heavy atom. The third-order valence-corrected chi connectivity index (χ3v) is 3.75. The number of ether oxygens (including phenoxy) is 1.